The number of hydrogen-bond acceptors (Lipinski definition) is 3. The molecule has 0 radical (unpaired) electrons. The van der Waals surface area contributed by atoms with Crippen molar-refractivity contribution in [3.63, 3.8) is 0 Å². The molecule has 0 amide bonds. The summed E-state index contributed by atoms with van der Waals surface area (Å²) in [5.41, 5.74) is 0. The minimum Gasteiger partial charge on any atom is -0.480 e. The highest BCUT2D eigenvalue weighted by Gasteiger charge is 2.30. The Labute approximate surface area is 89.9 Å². The maximum absolute atomic E-state index is 11.5. The van der Waals surface area contributed by atoms with Gasteiger partial charge in [0.1, 0.15) is 6.04 Å². The summed E-state index contributed by atoms with van der Waals surface area (Å²) in [5, 5.41) is 8.79. The summed E-state index contributed by atoms with van der Waals surface area (Å²) in [5.74, 6) is -0.796. The molecule has 0 aliphatic heterocycles. The highest BCUT2D eigenvalue weighted by atomic mass is 32.2. The fraction of sp³-hybridized carbons (Fsp3) is 0.889. The molecule has 1 atom stereocenters. The Hall–Kier alpha value is -0.620. The molecule has 2 N–H and O–H groups in total. The first kappa shape index (κ1) is 12.4. The van der Waals surface area contributed by atoms with E-state index < -0.39 is 22.0 Å². The summed E-state index contributed by atoms with van der Waals surface area (Å²) in [7, 11) is -3.42. The summed E-state index contributed by atoms with van der Waals surface area (Å²) in [6.45, 7) is 1.82. The molecule has 6 heteroatoms. The molecule has 0 aromatic carbocycles. The molecule has 5 nitrogen and oxygen atoms in total. The Kier molecular flexibility index (Phi) is 4.10. The van der Waals surface area contributed by atoms with Gasteiger partial charge in [0, 0.05) is 0 Å². The Morgan fingerprint density at radius 3 is 2.53 bits per heavy atom. The van der Waals surface area contributed by atoms with Gasteiger partial charge in [0.05, 0.1) is 5.75 Å². The van der Waals surface area contributed by atoms with E-state index >= 15 is 0 Å². The molecule has 1 saturated carbocycles. The van der Waals surface area contributed by atoms with Crippen LogP contribution in [0.15, 0.2) is 0 Å². The summed E-state index contributed by atoms with van der Waals surface area (Å²) in [4.78, 5) is 10.7. The Morgan fingerprint density at radius 1 is 1.53 bits per heavy atom. The van der Waals surface area contributed by atoms with Gasteiger partial charge in [0.2, 0.25) is 10.0 Å². The molecule has 0 spiro atoms. The van der Waals surface area contributed by atoms with Gasteiger partial charge < -0.3 is 5.11 Å². The van der Waals surface area contributed by atoms with Crippen LogP contribution in [0.3, 0.4) is 0 Å². The molecule has 0 bridgehead atoms. The van der Waals surface area contributed by atoms with Gasteiger partial charge >= 0.3 is 5.97 Å². The fourth-order valence-electron chi connectivity index (χ4n) is 1.38. The zero-order valence-corrected chi connectivity index (χ0v) is 9.59. The normalized spacial score (nSPS) is 18.7. The molecule has 0 heterocycles. The van der Waals surface area contributed by atoms with Gasteiger partial charge in [0.15, 0.2) is 0 Å². The minimum atomic E-state index is -3.42. The molecule has 88 valence electrons. The smallest absolute Gasteiger partial charge is 0.321 e. The number of carboxylic acids is 1. The van der Waals surface area contributed by atoms with Crippen molar-refractivity contribution in [2.24, 2.45) is 5.92 Å². The molecule has 0 unspecified atom stereocenters. The first-order chi connectivity index (χ1) is 6.94. The molecule has 15 heavy (non-hydrogen) atoms. The molecule has 1 rings (SSSR count). The quantitative estimate of drug-likeness (QED) is 0.675. The number of carboxylic acid groups (broad SMARTS) is 1. The third-order valence-corrected chi connectivity index (χ3v) is 3.90. The van der Waals surface area contributed by atoms with E-state index in [9.17, 15) is 13.2 Å². The van der Waals surface area contributed by atoms with E-state index in [0.717, 1.165) is 12.8 Å². The highest BCUT2D eigenvalue weighted by molar-refractivity contribution is 7.89. The summed E-state index contributed by atoms with van der Waals surface area (Å²) in [6.07, 6.45) is 2.85. The molecule has 1 aliphatic carbocycles. The second-order valence-corrected chi connectivity index (χ2v) is 5.82. The summed E-state index contributed by atoms with van der Waals surface area (Å²) >= 11 is 0. The van der Waals surface area contributed by atoms with Crippen molar-refractivity contribution in [3.05, 3.63) is 0 Å². The second kappa shape index (κ2) is 4.94. The average molecular weight is 235 g/mol. The summed E-state index contributed by atoms with van der Waals surface area (Å²) < 4.78 is 25.2. The lowest BCUT2D eigenvalue weighted by Crippen LogP contribution is -2.41. The number of nitrogens with one attached hydrogen (secondary N) is 1. The Bertz CT molecular complexity index is 321. The zero-order valence-electron chi connectivity index (χ0n) is 8.77. The highest BCUT2D eigenvalue weighted by Crippen LogP contribution is 2.30. The molecule has 0 saturated heterocycles. The molecular formula is C9H17NO4S. The number of sulfonamides is 1. The van der Waals surface area contributed by atoms with Crippen molar-refractivity contribution < 1.29 is 18.3 Å². The first-order valence-electron chi connectivity index (χ1n) is 5.17. The van der Waals surface area contributed by atoms with E-state index in [1.807, 2.05) is 6.92 Å². The minimum absolute atomic E-state index is 0.0699. The maximum Gasteiger partial charge on any atom is 0.321 e. The van der Waals surface area contributed by atoms with E-state index in [-0.39, 0.29) is 11.7 Å². The van der Waals surface area contributed by atoms with Crippen LogP contribution in [0.2, 0.25) is 0 Å². The predicted octanol–water partition coefficient (Wildman–Crippen LogP) is 0.569. The number of rotatable bonds is 7. The number of hydrogen-bond donors (Lipinski definition) is 2. The van der Waals surface area contributed by atoms with Crippen LogP contribution < -0.4 is 4.72 Å². The average Bonchev–Trinajstić information content (AvgIpc) is 2.86. The topological polar surface area (TPSA) is 83.5 Å². The number of aliphatic carboxylic acids is 1. The second-order valence-electron chi connectivity index (χ2n) is 4.02. The molecule has 0 aromatic rings. The van der Waals surface area contributed by atoms with Crippen molar-refractivity contribution in [3.8, 4) is 0 Å². The number of carbonyl (C=O) groups is 1. The van der Waals surface area contributed by atoms with E-state index in [1.54, 1.807) is 0 Å². The third kappa shape index (κ3) is 4.61. The van der Waals surface area contributed by atoms with Gasteiger partial charge in [-0.1, -0.05) is 13.3 Å². The van der Waals surface area contributed by atoms with Crippen molar-refractivity contribution in [1.29, 1.82) is 0 Å². The van der Waals surface area contributed by atoms with Crippen molar-refractivity contribution in [2.45, 2.75) is 38.6 Å². The Morgan fingerprint density at radius 2 is 2.13 bits per heavy atom. The largest absolute Gasteiger partial charge is 0.480 e. The van der Waals surface area contributed by atoms with Crippen molar-refractivity contribution in [1.82, 2.24) is 4.72 Å². The van der Waals surface area contributed by atoms with Crippen LogP contribution >= 0.6 is 0 Å². The standard InChI is InChI=1S/C9H17NO4S/c1-2-3-8(9(11)12)10-15(13,14)6-7-4-5-7/h7-8,10H,2-6H2,1H3,(H,11,12)/t8-/m0/s1. The molecule has 1 fully saturated rings. The lowest BCUT2D eigenvalue weighted by Gasteiger charge is -2.13. The predicted molar refractivity (Wildman–Crippen MR) is 56.0 cm³/mol. The van der Waals surface area contributed by atoms with Crippen molar-refractivity contribution in [2.75, 3.05) is 5.75 Å². The van der Waals surface area contributed by atoms with E-state index in [0.29, 0.717) is 12.8 Å². The van der Waals surface area contributed by atoms with Crippen LogP contribution in [0.5, 0.6) is 0 Å². The van der Waals surface area contributed by atoms with Gasteiger partial charge in [0.25, 0.3) is 0 Å². The Balaban J connectivity index is 2.51. The van der Waals surface area contributed by atoms with Crippen LogP contribution in [0.1, 0.15) is 32.6 Å². The lowest BCUT2D eigenvalue weighted by molar-refractivity contribution is -0.139. The van der Waals surface area contributed by atoms with Gasteiger partial charge in [-0.3, -0.25) is 4.79 Å². The summed E-state index contributed by atoms with van der Waals surface area (Å²) in [6, 6.07) is -0.973. The van der Waals surface area contributed by atoms with Gasteiger partial charge in [-0.15, -0.1) is 0 Å². The first-order valence-corrected chi connectivity index (χ1v) is 6.82. The van der Waals surface area contributed by atoms with Gasteiger partial charge in [-0.25, -0.2) is 13.1 Å². The van der Waals surface area contributed by atoms with Crippen LogP contribution in [-0.2, 0) is 14.8 Å². The van der Waals surface area contributed by atoms with Crippen LogP contribution in [0.25, 0.3) is 0 Å². The SMILES string of the molecule is CCC[C@H](NS(=O)(=O)CC1CC1)C(=O)O. The molecule has 0 aromatic heterocycles. The molecule has 1 aliphatic rings. The fourth-order valence-corrected chi connectivity index (χ4v) is 3.08. The lowest BCUT2D eigenvalue weighted by atomic mass is 10.2. The van der Waals surface area contributed by atoms with Crippen LogP contribution in [-0.4, -0.2) is 31.3 Å². The van der Waals surface area contributed by atoms with E-state index in [1.165, 1.54) is 0 Å². The molecular weight excluding hydrogens is 218 g/mol. The monoisotopic (exact) mass is 235 g/mol. The van der Waals surface area contributed by atoms with Crippen molar-refractivity contribution >= 4 is 16.0 Å². The van der Waals surface area contributed by atoms with E-state index in [2.05, 4.69) is 4.72 Å². The maximum atomic E-state index is 11.5. The third-order valence-electron chi connectivity index (χ3n) is 2.35. The van der Waals surface area contributed by atoms with Gasteiger partial charge in [-0.05, 0) is 25.2 Å². The van der Waals surface area contributed by atoms with E-state index in [4.69, 9.17) is 5.11 Å². The zero-order chi connectivity index (χ0) is 11.5. The van der Waals surface area contributed by atoms with Gasteiger partial charge in [-0.2, -0.15) is 0 Å². The van der Waals surface area contributed by atoms with Crippen LogP contribution in [0.4, 0.5) is 0 Å². The van der Waals surface area contributed by atoms with Crippen LogP contribution in [0, 0.1) is 5.92 Å².